The molecule has 4 rings (SSSR count). The Labute approximate surface area is 151 Å². The fourth-order valence-corrected chi connectivity index (χ4v) is 5.05. The predicted octanol–water partition coefficient (Wildman–Crippen LogP) is 2.64. The van der Waals surface area contributed by atoms with Crippen molar-refractivity contribution in [3.63, 3.8) is 0 Å². The third-order valence-corrected chi connectivity index (χ3v) is 6.47. The van der Waals surface area contributed by atoms with Gasteiger partial charge in [-0.2, -0.15) is 0 Å². The Bertz CT molecular complexity index is 578. The molecule has 136 valence electrons. The van der Waals surface area contributed by atoms with Crippen molar-refractivity contribution in [1.29, 1.82) is 0 Å². The molecule has 0 spiro atoms. The minimum absolute atomic E-state index is 0.359. The van der Waals surface area contributed by atoms with Crippen molar-refractivity contribution < 1.29 is 4.79 Å². The summed E-state index contributed by atoms with van der Waals surface area (Å²) in [4.78, 5) is 17.3. The molecule has 0 saturated carbocycles. The lowest BCUT2D eigenvalue weighted by molar-refractivity contribution is -0.133. The van der Waals surface area contributed by atoms with E-state index in [1.807, 2.05) is 7.05 Å². The van der Waals surface area contributed by atoms with Crippen molar-refractivity contribution in [2.24, 2.45) is 5.92 Å². The maximum absolute atomic E-state index is 12.8. The Hall–Kier alpha value is -1.39. The molecule has 3 aliphatic heterocycles. The number of piperidine rings is 1. The van der Waals surface area contributed by atoms with Crippen molar-refractivity contribution in [3.8, 4) is 0 Å². The molecular weight excluding hydrogens is 310 g/mol. The van der Waals surface area contributed by atoms with Gasteiger partial charge in [0.1, 0.15) is 0 Å². The van der Waals surface area contributed by atoms with Gasteiger partial charge >= 0.3 is 0 Å². The van der Waals surface area contributed by atoms with E-state index in [0.717, 1.165) is 32.5 Å². The second-order valence-electron chi connectivity index (χ2n) is 8.35. The number of likely N-dealkylation sites (tertiary alicyclic amines) is 1. The Morgan fingerprint density at radius 2 is 1.88 bits per heavy atom. The van der Waals surface area contributed by atoms with Crippen molar-refractivity contribution in [2.45, 2.75) is 63.2 Å². The quantitative estimate of drug-likeness (QED) is 0.894. The van der Waals surface area contributed by atoms with E-state index < -0.39 is 0 Å². The first-order valence-corrected chi connectivity index (χ1v) is 9.95. The number of nitrogens with zero attached hydrogens (tertiary/aromatic N) is 2. The van der Waals surface area contributed by atoms with Gasteiger partial charge in [-0.1, -0.05) is 30.3 Å². The maximum Gasteiger partial charge on any atom is 0.222 e. The van der Waals surface area contributed by atoms with Gasteiger partial charge in [0.05, 0.1) is 0 Å². The first-order chi connectivity index (χ1) is 12.2. The Kier molecular flexibility index (Phi) is 5.09. The van der Waals surface area contributed by atoms with Crippen molar-refractivity contribution >= 4 is 5.91 Å². The van der Waals surface area contributed by atoms with Gasteiger partial charge in [-0.15, -0.1) is 0 Å². The van der Waals surface area contributed by atoms with Crippen LogP contribution in [0.3, 0.4) is 0 Å². The molecule has 3 saturated heterocycles. The molecule has 3 fully saturated rings. The summed E-state index contributed by atoms with van der Waals surface area (Å²) in [7, 11) is 2.02. The average molecular weight is 341 g/mol. The summed E-state index contributed by atoms with van der Waals surface area (Å²) in [6.07, 6.45) is 6.86. The number of carbonyl (C=O) groups is 1. The highest BCUT2D eigenvalue weighted by Crippen LogP contribution is 2.33. The van der Waals surface area contributed by atoms with E-state index in [1.165, 1.54) is 31.2 Å². The molecule has 0 radical (unpaired) electrons. The summed E-state index contributed by atoms with van der Waals surface area (Å²) in [5, 5.41) is 3.68. The topological polar surface area (TPSA) is 35.6 Å². The summed E-state index contributed by atoms with van der Waals surface area (Å²) in [5.41, 5.74) is 1.36. The normalized spacial score (nSPS) is 32.0. The summed E-state index contributed by atoms with van der Waals surface area (Å²) in [5.74, 6) is 0.952. The lowest BCUT2D eigenvalue weighted by atomic mass is 9.89. The molecule has 1 aromatic rings. The van der Waals surface area contributed by atoms with Crippen molar-refractivity contribution in [1.82, 2.24) is 15.1 Å². The van der Waals surface area contributed by atoms with E-state index in [1.54, 1.807) is 0 Å². The van der Waals surface area contributed by atoms with Gasteiger partial charge in [-0.05, 0) is 43.6 Å². The van der Waals surface area contributed by atoms with Crippen LogP contribution >= 0.6 is 0 Å². The van der Waals surface area contributed by atoms with Crippen molar-refractivity contribution in [3.05, 3.63) is 35.9 Å². The number of nitrogens with one attached hydrogen (secondary N) is 1. The maximum atomic E-state index is 12.8. The molecule has 4 heteroatoms. The molecular formula is C21H31N3O. The van der Waals surface area contributed by atoms with Crippen LogP contribution in [0.1, 0.15) is 44.1 Å². The molecule has 1 aromatic carbocycles. The zero-order valence-corrected chi connectivity index (χ0v) is 15.4. The Morgan fingerprint density at radius 3 is 2.60 bits per heavy atom. The zero-order valence-electron chi connectivity index (χ0n) is 15.4. The highest BCUT2D eigenvalue weighted by atomic mass is 16.2. The van der Waals surface area contributed by atoms with Gasteiger partial charge < -0.3 is 10.2 Å². The fourth-order valence-electron chi connectivity index (χ4n) is 5.05. The molecule has 3 unspecified atom stereocenters. The van der Waals surface area contributed by atoms with E-state index in [0.29, 0.717) is 30.0 Å². The lowest BCUT2D eigenvalue weighted by Gasteiger charge is -2.31. The summed E-state index contributed by atoms with van der Waals surface area (Å²) in [6.45, 7) is 3.10. The molecule has 1 N–H and O–H groups in total. The summed E-state index contributed by atoms with van der Waals surface area (Å²) >= 11 is 0. The van der Waals surface area contributed by atoms with Crippen LogP contribution < -0.4 is 5.32 Å². The average Bonchev–Trinajstić information content (AvgIpc) is 3.21. The van der Waals surface area contributed by atoms with Gasteiger partial charge in [0.25, 0.3) is 0 Å². The van der Waals surface area contributed by atoms with Gasteiger partial charge in [-0.25, -0.2) is 0 Å². The van der Waals surface area contributed by atoms with Gasteiger partial charge in [-0.3, -0.25) is 9.69 Å². The first kappa shape index (κ1) is 17.0. The molecule has 0 aromatic heterocycles. The van der Waals surface area contributed by atoms with E-state index in [2.05, 4.69) is 45.4 Å². The zero-order chi connectivity index (χ0) is 17.2. The van der Waals surface area contributed by atoms with Crippen LogP contribution in [0.15, 0.2) is 30.3 Å². The second-order valence-corrected chi connectivity index (χ2v) is 8.35. The van der Waals surface area contributed by atoms with E-state index in [-0.39, 0.29) is 0 Å². The largest absolute Gasteiger partial charge is 0.341 e. The molecule has 0 aliphatic carbocycles. The van der Waals surface area contributed by atoms with Crippen LogP contribution in [0, 0.1) is 5.92 Å². The lowest BCUT2D eigenvalue weighted by Crippen LogP contribution is -2.42. The second kappa shape index (κ2) is 7.46. The highest BCUT2D eigenvalue weighted by Gasteiger charge is 2.35. The molecule has 2 bridgehead atoms. The molecule has 25 heavy (non-hydrogen) atoms. The van der Waals surface area contributed by atoms with Crippen molar-refractivity contribution in [2.75, 3.05) is 20.1 Å². The number of hydrogen-bond acceptors (Lipinski definition) is 3. The minimum Gasteiger partial charge on any atom is -0.341 e. The Morgan fingerprint density at radius 1 is 1.16 bits per heavy atom. The van der Waals surface area contributed by atoms with Crippen LogP contribution in [0.5, 0.6) is 0 Å². The van der Waals surface area contributed by atoms with Gasteiger partial charge in [0.2, 0.25) is 5.91 Å². The van der Waals surface area contributed by atoms with Crippen LogP contribution in [0.2, 0.25) is 0 Å². The van der Waals surface area contributed by atoms with E-state index >= 15 is 0 Å². The molecule has 4 nitrogen and oxygen atoms in total. The molecule has 3 heterocycles. The number of likely N-dealkylation sites (N-methyl/N-ethyl adjacent to an activating group) is 1. The number of fused-ring (bicyclic) bond motifs is 2. The molecule has 3 atom stereocenters. The molecule has 3 aliphatic rings. The van der Waals surface area contributed by atoms with Crippen LogP contribution in [0.4, 0.5) is 0 Å². The number of amides is 1. The Balaban J connectivity index is 1.26. The summed E-state index contributed by atoms with van der Waals surface area (Å²) in [6, 6.07) is 12.4. The summed E-state index contributed by atoms with van der Waals surface area (Å²) < 4.78 is 0. The van der Waals surface area contributed by atoms with E-state index in [9.17, 15) is 4.79 Å². The smallest absolute Gasteiger partial charge is 0.222 e. The van der Waals surface area contributed by atoms with Crippen LogP contribution in [-0.4, -0.2) is 54.0 Å². The standard InChI is InChI=1S/C21H31N3O/c1-23(21(25)13-17-11-18-7-8-19(12-17)22-18)20-9-10-24(15-20)14-16-5-3-2-4-6-16/h2-6,17-20,22H,7-15H2,1H3. The number of hydrogen-bond donors (Lipinski definition) is 1. The third-order valence-electron chi connectivity index (χ3n) is 6.47. The van der Waals surface area contributed by atoms with Crippen LogP contribution in [0.25, 0.3) is 0 Å². The SMILES string of the molecule is CN(C(=O)CC1CC2CCC(C1)N2)C1CCN(Cc2ccccc2)C1. The van der Waals surface area contributed by atoms with Crippen LogP contribution in [-0.2, 0) is 11.3 Å². The highest BCUT2D eigenvalue weighted by molar-refractivity contribution is 5.76. The number of rotatable bonds is 5. The molecule has 1 amide bonds. The van der Waals surface area contributed by atoms with Gasteiger partial charge in [0, 0.05) is 51.2 Å². The first-order valence-electron chi connectivity index (χ1n) is 9.95. The monoisotopic (exact) mass is 341 g/mol. The van der Waals surface area contributed by atoms with E-state index in [4.69, 9.17) is 0 Å². The number of carbonyl (C=O) groups excluding carboxylic acids is 1. The predicted molar refractivity (Wildman–Crippen MR) is 100 cm³/mol. The minimum atomic E-state index is 0.359. The number of benzene rings is 1. The third kappa shape index (κ3) is 4.06. The van der Waals surface area contributed by atoms with Gasteiger partial charge in [0.15, 0.2) is 0 Å². The fraction of sp³-hybridized carbons (Fsp3) is 0.667.